The maximum absolute atomic E-state index is 13.3. The summed E-state index contributed by atoms with van der Waals surface area (Å²) in [5.41, 5.74) is 1.14. The van der Waals surface area contributed by atoms with Crippen LogP contribution in [0.15, 0.2) is 42.5 Å². The van der Waals surface area contributed by atoms with Gasteiger partial charge in [-0.15, -0.1) is 13.2 Å². The van der Waals surface area contributed by atoms with Crippen LogP contribution in [0.5, 0.6) is 5.75 Å². The molecule has 2 unspecified atom stereocenters. The fourth-order valence-electron chi connectivity index (χ4n) is 4.58. The van der Waals surface area contributed by atoms with E-state index in [-0.39, 0.29) is 40.1 Å². The number of alkyl halides is 3. The molecule has 4 rings (SSSR count). The number of rotatable bonds is 6. The quantitative estimate of drug-likeness (QED) is 0.406. The predicted octanol–water partition coefficient (Wildman–Crippen LogP) is 4.60. The van der Waals surface area contributed by atoms with Gasteiger partial charge in [-0.05, 0) is 35.9 Å². The zero-order valence-corrected chi connectivity index (χ0v) is 21.9. The van der Waals surface area contributed by atoms with Gasteiger partial charge >= 0.3 is 12.4 Å². The Labute approximate surface area is 227 Å². The van der Waals surface area contributed by atoms with Gasteiger partial charge < -0.3 is 24.6 Å². The maximum atomic E-state index is 13.3. The molecular weight excluding hydrogens is 544 g/mol. The van der Waals surface area contributed by atoms with Crippen LogP contribution in [0, 0.1) is 5.82 Å². The second kappa shape index (κ2) is 11.8. The van der Waals surface area contributed by atoms with Crippen molar-refractivity contribution in [3.63, 3.8) is 0 Å². The fourth-order valence-corrected chi connectivity index (χ4v) is 4.78. The van der Waals surface area contributed by atoms with Gasteiger partial charge in [0.1, 0.15) is 11.6 Å². The number of ether oxygens (including phenoxy) is 2. The van der Waals surface area contributed by atoms with Gasteiger partial charge in [0.2, 0.25) is 5.91 Å². The highest BCUT2D eigenvalue weighted by atomic mass is 35.5. The van der Waals surface area contributed by atoms with Gasteiger partial charge in [-0.2, -0.15) is 0 Å². The second-order valence-corrected chi connectivity index (χ2v) is 9.89. The molecule has 0 spiro atoms. The van der Waals surface area contributed by atoms with E-state index >= 15 is 0 Å². The molecule has 0 radical (unpaired) electrons. The lowest BCUT2D eigenvalue weighted by Crippen LogP contribution is -2.65. The zero-order chi connectivity index (χ0) is 28.3. The maximum Gasteiger partial charge on any atom is 0.573 e. The van der Waals surface area contributed by atoms with Crippen molar-refractivity contribution in [2.75, 3.05) is 45.7 Å². The fraction of sp³-hybridized carbons (Fsp3) is 0.385. The van der Waals surface area contributed by atoms with Crippen molar-refractivity contribution in [2.24, 2.45) is 0 Å². The molecule has 8 nitrogen and oxygen atoms in total. The predicted molar refractivity (Wildman–Crippen MR) is 137 cm³/mol. The van der Waals surface area contributed by atoms with Crippen LogP contribution in [0.4, 0.5) is 28.0 Å². The topological polar surface area (TPSA) is 74.4 Å². The van der Waals surface area contributed by atoms with Gasteiger partial charge in [0.05, 0.1) is 36.0 Å². The largest absolute Gasteiger partial charge is 0.573 e. The molecule has 2 heterocycles. The number of amides is 3. The molecule has 2 aliphatic heterocycles. The van der Waals surface area contributed by atoms with E-state index in [1.807, 2.05) is 0 Å². The summed E-state index contributed by atoms with van der Waals surface area (Å²) in [4.78, 5) is 30.6. The van der Waals surface area contributed by atoms with E-state index in [2.05, 4.69) is 15.0 Å². The second-order valence-electron chi connectivity index (χ2n) is 9.49. The van der Waals surface area contributed by atoms with Gasteiger partial charge in [-0.25, -0.2) is 9.18 Å². The van der Waals surface area contributed by atoms with E-state index in [0.717, 1.165) is 17.7 Å². The first-order chi connectivity index (χ1) is 18.4. The third kappa shape index (κ3) is 7.40. The van der Waals surface area contributed by atoms with Crippen LogP contribution in [-0.2, 0) is 16.1 Å². The van der Waals surface area contributed by atoms with Crippen LogP contribution in [0.3, 0.4) is 0 Å². The van der Waals surface area contributed by atoms with Crippen LogP contribution in [0.25, 0.3) is 6.08 Å². The third-order valence-corrected chi connectivity index (χ3v) is 6.60. The number of fused-ring (bicyclic) bond motifs is 2. The molecule has 2 aromatic rings. The highest BCUT2D eigenvalue weighted by Crippen LogP contribution is 2.36. The standard InChI is InChI=1S/C26H27ClF4N4O4/c1-33(2)25(37)32-22-10-21(27)23(39-26(29,30)31)9-17(22)5-8-24(36)35-19-12-34(13-20(35)15-38-14-19)11-16-3-6-18(28)7-4-16/h3-10,19-20H,11-15H2,1-2H3,(H,32,37). The Morgan fingerprint density at radius 2 is 1.79 bits per heavy atom. The number of morpholine rings is 1. The number of hydrogen-bond acceptors (Lipinski definition) is 5. The third-order valence-electron chi connectivity index (χ3n) is 6.30. The lowest BCUT2D eigenvalue weighted by molar-refractivity contribution is -0.274. The lowest BCUT2D eigenvalue weighted by atomic mass is 10.0. The average Bonchev–Trinajstić information content (AvgIpc) is 2.84. The summed E-state index contributed by atoms with van der Waals surface area (Å²) < 4.78 is 61.6. The van der Waals surface area contributed by atoms with Crippen LogP contribution in [-0.4, -0.2) is 85.5 Å². The molecular formula is C26H27ClF4N4O4. The molecule has 2 bridgehead atoms. The lowest BCUT2D eigenvalue weighted by Gasteiger charge is -2.49. The van der Waals surface area contributed by atoms with E-state index in [9.17, 15) is 27.2 Å². The van der Waals surface area contributed by atoms with E-state index < -0.39 is 18.1 Å². The van der Waals surface area contributed by atoms with Gasteiger partial charge in [-0.3, -0.25) is 9.69 Å². The molecule has 39 heavy (non-hydrogen) atoms. The molecule has 2 fully saturated rings. The molecule has 210 valence electrons. The summed E-state index contributed by atoms with van der Waals surface area (Å²) in [6.07, 6.45) is -2.43. The first kappa shape index (κ1) is 28.7. The number of carbonyl (C=O) groups excluding carboxylic acids is 2. The van der Waals surface area contributed by atoms with E-state index in [0.29, 0.717) is 32.8 Å². The van der Waals surface area contributed by atoms with Crippen molar-refractivity contribution in [1.82, 2.24) is 14.7 Å². The number of nitrogens with zero attached hydrogens (tertiary/aromatic N) is 3. The summed E-state index contributed by atoms with van der Waals surface area (Å²) in [5, 5.41) is 2.19. The van der Waals surface area contributed by atoms with Crippen LogP contribution in [0.1, 0.15) is 11.1 Å². The number of halogens is 5. The van der Waals surface area contributed by atoms with Crippen LogP contribution < -0.4 is 10.1 Å². The van der Waals surface area contributed by atoms with E-state index in [1.165, 1.54) is 43.3 Å². The number of carbonyl (C=O) groups is 2. The highest BCUT2D eigenvalue weighted by molar-refractivity contribution is 6.32. The molecule has 2 atom stereocenters. The molecule has 1 N–H and O–H groups in total. The molecule has 0 saturated carbocycles. The Hall–Kier alpha value is -3.35. The summed E-state index contributed by atoms with van der Waals surface area (Å²) in [7, 11) is 2.99. The smallest absolute Gasteiger partial charge is 0.404 e. The summed E-state index contributed by atoms with van der Waals surface area (Å²) in [6.45, 7) is 2.30. The van der Waals surface area contributed by atoms with Crippen molar-refractivity contribution in [3.8, 4) is 5.75 Å². The molecule has 2 saturated heterocycles. The van der Waals surface area contributed by atoms with Gasteiger partial charge in [0.25, 0.3) is 0 Å². The normalized spacial score (nSPS) is 19.7. The first-order valence-corrected chi connectivity index (χ1v) is 12.4. The van der Waals surface area contributed by atoms with Crippen molar-refractivity contribution in [1.29, 1.82) is 0 Å². The Kier molecular flexibility index (Phi) is 8.67. The Balaban J connectivity index is 1.53. The minimum atomic E-state index is -4.99. The van der Waals surface area contributed by atoms with Crippen molar-refractivity contribution in [3.05, 3.63) is 64.4 Å². The molecule has 2 aliphatic rings. The van der Waals surface area contributed by atoms with Gasteiger partial charge in [0.15, 0.2) is 0 Å². The number of nitrogens with one attached hydrogen (secondary N) is 1. The number of urea groups is 1. The summed E-state index contributed by atoms with van der Waals surface area (Å²) >= 11 is 5.97. The number of benzene rings is 2. The Morgan fingerprint density at radius 3 is 2.38 bits per heavy atom. The Morgan fingerprint density at radius 1 is 1.15 bits per heavy atom. The molecule has 0 aromatic heterocycles. The highest BCUT2D eigenvalue weighted by Gasteiger charge is 2.40. The van der Waals surface area contributed by atoms with E-state index in [1.54, 1.807) is 17.0 Å². The minimum absolute atomic E-state index is 0.0959. The van der Waals surface area contributed by atoms with Crippen molar-refractivity contribution >= 4 is 35.3 Å². The van der Waals surface area contributed by atoms with E-state index in [4.69, 9.17) is 16.3 Å². The van der Waals surface area contributed by atoms with Gasteiger partial charge in [0, 0.05) is 45.4 Å². The molecule has 0 aliphatic carbocycles. The van der Waals surface area contributed by atoms with Crippen LogP contribution >= 0.6 is 11.6 Å². The van der Waals surface area contributed by atoms with Gasteiger partial charge in [-0.1, -0.05) is 23.7 Å². The molecule has 2 aromatic carbocycles. The first-order valence-electron chi connectivity index (χ1n) is 12.0. The number of piperazine rings is 1. The monoisotopic (exact) mass is 570 g/mol. The average molecular weight is 571 g/mol. The van der Waals surface area contributed by atoms with Crippen molar-refractivity contribution in [2.45, 2.75) is 25.0 Å². The zero-order valence-electron chi connectivity index (χ0n) is 21.2. The number of hydrogen-bond donors (Lipinski definition) is 1. The Bertz CT molecular complexity index is 1230. The minimum Gasteiger partial charge on any atom is -0.404 e. The summed E-state index contributed by atoms with van der Waals surface area (Å²) in [5.74, 6) is -1.33. The number of anilines is 1. The van der Waals surface area contributed by atoms with Crippen molar-refractivity contribution < 1.29 is 36.6 Å². The molecule has 3 amide bonds. The SMILES string of the molecule is CN(C)C(=O)Nc1cc(Cl)c(OC(F)(F)F)cc1C=CC(=O)N1C2COCC1CN(Cc1ccc(F)cc1)C2. The molecule has 13 heteroatoms. The van der Waals surface area contributed by atoms with Crippen LogP contribution in [0.2, 0.25) is 5.02 Å². The summed E-state index contributed by atoms with van der Waals surface area (Å²) in [6, 6.07) is 7.34.